The minimum Gasteiger partial charge on any atom is -0.497 e. The second-order valence-electron chi connectivity index (χ2n) is 7.43. The number of carbonyl (C=O) groups is 2. The molecule has 162 valence electrons. The molecule has 0 aromatic heterocycles. The van der Waals surface area contributed by atoms with Gasteiger partial charge >= 0.3 is 11.9 Å². The van der Waals surface area contributed by atoms with Gasteiger partial charge in [-0.2, -0.15) is 5.26 Å². The third-order valence-corrected chi connectivity index (χ3v) is 5.39. The first-order valence-corrected chi connectivity index (χ1v) is 10.2. The zero-order valence-corrected chi connectivity index (χ0v) is 17.4. The Hall–Kier alpha value is -3.38. The van der Waals surface area contributed by atoms with Gasteiger partial charge in [0.2, 0.25) is 0 Å². The number of ether oxygens (including phenoxy) is 2. The van der Waals surface area contributed by atoms with Gasteiger partial charge < -0.3 is 9.47 Å². The van der Waals surface area contributed by atoms with Crippen LogP contribution in [0.4, 0.5) is 0 Å². The summed E-state index contributed by atoms with van der Waals surface area (Å²) in [6.07, 6.45) is 9.45. The van der Waals surface area contributed by atoms with Crippen molar-refractivity contribution in [2.45, 2.75) is 37.7 Å². The first-order chi connectivity index (χ1) is 15.1. The molecule has 2 aromatic carbocycles. The standard InChI is InChI=1S/C25H26O6/c1-29-22-12-4-19(5-13-22)6-16-24(26)30-23-14-10-21(11-15-23)20-8-2-18(3-9-20)7-17-25(27)31-28/h2-9,12-13,16-17,21,23,28H,10-11,14-15H2,1H3/b16-6+,17-7+. The van der Waals surface area contributed by atoms with Crippen LogP contribution >= 0.6 is 0 Å². The zero-order chi connectivity index (χ0) is 22.1. The topological polar surface area (TPSA) is 82.1 Å². The molecule has 0 unspecified atom stereocenters. The van der Waals surface area contributed by atoms with Crippen LogP contribution in [0.3, 0.4) is 0 Å². The summed E-state index contributed by atoms with van der Waals surface area (Å²) in [5.41, 5.74) is 2.99. The Morgan fingerprint density at radius 2 is 1.39 bits per heavy atom. The minimum absolute atomic E-state index is 0.0593. The van der Waals surface area contributed by atoms with Crippen LogP contribution in [0.15, 0.2) is 60.7 Å². The number of methoxy groups -OCH3 is 1. The molecular formula is C25H26O6. The van der Waals surface area contributed by atoms with E-state index in [1.807, 2.05) is 48.5 Å². The van der Waals surface area contributed by atoms with Crippen molar-refractivity contribution in [1.82, 2.24) is 0 Å². The number of rotatable bonds is 7. The Morgan fingerprint density at radius 3 is 1.94 bits per heavy atom. The third-order valence-electron chi connectivity index (χ3n) is 5.39. The van der Waals surface area contributed by atoms with Crippen LogP contribution in [0, 0.1) is 0 Å². The Kier molecular flexibility index (Phi) is 8.01. The van der Waals surface area contributed by atoms with Crippen LogP contribution < -0.4 is 4.74 Å². The summed E-state index contributed by atoms with van der Waals surface area (Å²) in [5.74, 6) is 0.0619. The van der Waals surface area contributed by atoms with Gasteiger partial charge in [0.05, 0.1) is 7.11 Å². The highest BCUT2D eigenvalue weighted by molar-refractivity contribution is 5.87. The van der Waals surface area contributed by atoms with Crippen molar-refractivity contribution in [3.05, 3.63) is 77.4 Å². The van der Waals surface area contributed by atoms with E-state index in [9.17, 15) is 9.59 Å². The number of esters is 1. The maximum absolute atomic E-state index is 12.1. The fourth-order valence-corrected chi connectivity index (χ4v) is 3.67. The number of carbonyl (C=O) groups excluding carboxylic acids is 2. The highest BCUT2D eigenvalue weighted by atomic mass is 17.1. The van der Waals surface area contributed by atoms with Crippen molar-refractivity contribution in [3.63, 3.8) is 0 Å². The van der Waals surface area contributed by atoms with Crippen molar-refractivity contribution in [1.29, 1.82) is 0 Å². The van der Waals surface area contributed by atoms with Crippen LogP contribution in [0.1, 0.15) is 48.3 Å². The molecule has 1 saturated carbocycles. The Labute approximate surface area is 181 Å². The molecule has 0 heterocycles. The van der Waals surface area contributed by atoms with E-state index in [-0.39, 0.29) is 12.1 Å². The summed E-state index contributed by atoms with van der Waals surface area (Å²) in [6.45, 7) is 0. The summed E-state index contributed by atoms with van der Waals surface area (Å²) in [5, 5.41) is 8.26. The molecule has 3 rings (SSSR count). The molecular weight excluding hydrogens is 396 g/mol. The fourth-order valence-electron chi connectivity index (χ4n) is 3.67. The van der Waals surface area contributed by atoms with Crippen LogP contribution in [0.2, 0.25) is 0 Å². The Bertz CT molecular complexity index is 919. The van der Waals surface area contributed by atoms with Gasteiger partial charge in [-0.25, -0.2) is 9.59 Å². The van der Waals surface area contributed by atoms with Crippen molar-refractivity contribution < 1.29 is 29.2 Å². The molecule has 1 aliphatic carbocycles. The molecule has 0 amide bonds. The molecule has 0 aliphatic heterocycles. The average Bonchev–Trinajstić information content (AvgIpc) is 2.82. The van der Waals surface area contributed by atoms with Crippen molar-refractivity contribution >= 4 is 24.1 Å². The monoisotopic (exact) mass is 422 g/mol. The van der Waals surface area contributed by atoms with E-state index in [1.165, 1.54) is 11.6 Å². The second-order valence-corrected chi connectivity index (χ2v) is 7.43. The SMILES string of the molecule is COc1ccc(/C=C/C(=O)OC2CCC(c3ccc(/C=C/C(=O)OO)cc3)CC2)cc1. The highest BCUT2D eigenvalue weighted by Gasteiger charge is 2.24. The average molecular weight is 422 g/mol. The fraction of sp³-hybridized carbons (Fsp3) is 0.280. The van der Waals surface area contributed by atoms with Crippen LogP contribution in [0.5, 0.6) is 5.75 Å². The lowest BCUT2D eigenvalue weighted by Gasteiger charge is -2.28. The first-order valence-electron chi connectivity index (χ1n) is 10.2. The van der Waals surface area contributed by atoms with Crippen LogP contribution in [-0.4, -0.2) is 30.4 Å². The van der Waals surface area contributed by atoms with Gasteiger partial charge in [-0.1, -0.05) is 36.4 Å². The van der Waals surface area contributed by atoms with E-state index in [4.69, 9.17) is 14.7 Å². The lowest BCUT2D eigenvalue weighted by Crippen LogP contribution is -2.23. The molecule has 0 radical (unpaired) electrons. The second kappa shape index (κ2) is 11.1. The Balaban J connectivity index is 1.45. The summed E-state index contributed by atoms with van der Waals surface area (Å²) in [7, 11) is 1.61. The quantitative estimate of drug-likeness (QED) is 0.292. The number of benzene rings is 2. The van der Waals surface area contributed by atoms with Crippen molar-refractivity contribution in [3.8, 4) is 5.75 Å². The normalized spacial score (nSPS) is 18.8. The summed E-state index contributed by atoms with van der Waals surface area (Å²) in [4.78, 5) is 26.7. The van der Waals surface area contributed by atoms with Gasteiger partial charge in [0.25, 0.3) is 0 Å². The molecule has 0 bridgehead atoms. The smallest absolute Gasteiger partial charge is 0.365 e. The number of hydrogen-bond acceptors (Lipinski definition) is 6. The Morgan fingerprint density at radius 1 is 0.839 bits per heavy atom. The van der Waals surface area contributed by atoms with Gasteiger partial charge in [-0.3, -0.25) is 4.89 Å². The zero-order valence-electron chi connectivity index (χ0n) is 17.4. The molecule has 0 spiro atoms. The molecule has 1 N–H and O–H groups in total. The maximum atomic E-state index is 12.1. The van der Waals surface area contributed by atoms with E-state index in [1.54, 1.807) is 19.3 Å². The molecule has 31 heavy (non-hydrogen) atoms. The molecule has 0 atom stereocenters. The van der Waals surface area contributed by atoms with Crippen LogP contribution in [-0.2, 0) is 19.2 Å². The molecule has 6 nitrogen and oxygen atoms in total. The van der Waals surface area contributed by atoms with Gasteiger partial charge in [-0.05, 0) is 72.6 Å². The predicted octanol–water partition coefficient (Wildman–Crippen LogP) is 5.01. The lowest BCUT2D eigenvalue weighted by molar-refractivity contribution is -0.227. The van der Waals surface area contributed by atoms with Crippen molar-refractivity contribution in [2.24, 2.45) is 0 Å². The molecule has 0 saturated heterocycles. The summed E-state index contributed by atoms with van der Waals surface area (Å²) in [6, 6.07) is 15.4. The summed E-state index contributed by atoms with van der Waals surface area (Å²) >= 11 is 0. The number of hydrogen-bond donors (Lipinski definition) is 1. The van der Waals surface area contributed by atoms with Gasteiger partial charge in [0.1, 0.15) is 11.9 Å². The third kappa shape index (κ3) is 6.83. The highest BCUT2D eigenvalue weighted by Crippen LogP contribution is 2.34. The van der Waals surface area contributed by atoms with Crippen molar-refractivity contribution in [2.75, 3.05) is 7.11 Å². The van der Waals surface area contributed by atoms with E-state index < -0.39 is 5.97 Å². The van der Waals surface area contributed by atoms with Gasteiger partial charge in [0, 0.05) is 12.2 Å². The van der Waals surface area contributed by atoms with E-state index in [2.05, 4.69) is 4.89 Å². The molecule has 6 heteroatoms. The maximum Gasteiger partial charge on any atom is 0.365 e. The van der Waals surface area contributed by atoms with Gasteiger partial charge in [-0.15, -0.1) is 0 Å². The van der Waals surface area contributed by atoms with Crippen LogP contribution in [0.25, 0.3) is 12.2 Å². The lowest BCUT2D eigenvalue weighted by atomic mass is 9.82. The summed E-state index contributed by atoms with van der Waals surface area (Å²) < 4.78 is 10.7. The predicted molar refractivity (Wildman–Crippen MR) is 117 cm³/mol. The minimum atomic E-state index is -0.809. The largest absolute Gasteiger partial charge is 0.497 e. The van der Waals surface area contributed by atoms with E-state index in [0.29, 0.717) is 5.92 Å². The molecule has 2 aromatic rings. The molecule has 1 fully saturated rings. The van der Waals surface area contributed by atoms with E-state index >= 15 is 0 Å². The van der Waals surface area contributed by atoms with Gasteiger partial charge in [0.15, 0.2) is 0 Å². The van der Waals surface area contributed by atoms with E-state index in [0.717, 1.165) is 48.6 Å². The molecule has 1 aliphatic rings. The first kappa shape index (κ1) is 22.3.